The highest BCUT2D eigenvalue weighted by Crippen LogP contribution is 2.45. The number of para-hydroxylation sites is 1. The van der Waals surface area contributed by atoms with Gasteiger partial charge in [0.05, 0.1) is 10.7 Å². The highest BCUT2D eigenvalue weighted by atomic mass is 35.5. The molecule has 6 rings (SSSR count). The summed E-state index contributed by atoms with van der Waals surface area (Å²) in [6.07, 6.45) is 1.25. The number of fused-ring (bicyclic) bond motifs is 2. The standard InChI is InChI=1S/C35H34ClN3O4/c1-4-34(40)38-20-23(21-38)22-39-31-19-30(36)29(18-33(31)43-32(35(39)41)14-15-37(2)3)28-17-26(42-25-11-6-5-7-12-25)16-24-10-8-9-13-27(24)28/h4-13,16-19,23,32H,1,14-15,20-22H2,2-3H3/t32-/m1/s1. The summed E-state index contributed by atoms with van der Waals surface area (Å²) >= 11 is 7.02. The van der Waals surface area contributed by atoms with E-state index >= 15 is 0 Å². The Morgan fingerprint density at radius 1 is 1.02 bits per heavy atom. The van der Waals surface area contributed by atoms with Gasteiger partial charge in [-0.05, 0) is 72.9 Å². The molecular formula is C35H34ClN3O4. The van der Waals surface area contributed by atoms with Crippen molar-refractivity contribution in [3.05, 3.63) is 96.5 Å². The summed E-state index contributed by atoms with van der Waals surface area (Å²) < 4.78 is 12.6. The smallest absolute Gasteiger partial charge is 0.268 e. The second kappa shape index (κ2) is 12.1. The molecule has 2 aliphatic heterocycles. The van der Waals surface area contributed by atoms with Crippen LogP contribution in [0, 0.1) is 5.92 Å². The third-order valence-corrected chi connectivity index (χ3v) is 8.29. The Balaban J connectivity index is 1.39. The van der Waals surface area contributed by atoms with Crippen molar-refractivity contribution >= 4 is 39.9 Å². The zero-order valence-corrected chi connectivity index (χ0v) is 25.1. The molecule has 1 saturated heterocycles. The van der Waals surface area contributed by atoms with Crippen molar-refractivity contribution in [2.45, 2.75) is 12.5 Å². The molecule has 0 radical (unpaired) electrons. The third kappa shape index (κ3) is 5.96. The maximum Gasteiger partial charge on any atom is 0.268 e. The average Bonchev–Trinajstić information content (AvgIpc) is 2.98. The zero-order valence-electron chi connectivity index (χ0n) is 24.3. The number of halogens is 1. The number of hydrogen-bond donors (Lipinski definition) is 0. The van der Waals surface area contributed by atoms with Crippen molar-refractivity contribution in [1.29, 1.82) is 0 Å². The van der Waals surface area contributed by atoms with Crippen LogP contribution in [0.1, 0.15) is 6.42 Å². The van der Waals surface area contributed by atoms with Gasteiger partial charge in [-0.3, -0.25) is 9.59 Å². The van der Waals surface area contributed by atoms with Gasteiger partial charge in [-0.25, -0.2) is 0 Å². The molecule has 2 heterocycles. The van der Waals surface area contributed by atoms with E-state index in [0.717, 1.165) is 27.6 Å². The first-order chi connectivity index (χ1) is 20.8. The van der Waals surface area contributed by atoms with Crippen molar-refractivity contribution in [3.8, 4) is 28.4 Å². The number of carbonyl (C=O) groups is 2. The molecule has 7 nitrogen and oxygen atoms in total. The van der Waals surface area contributed by atoms with Crippen LogP contribution in [0.25, 0.3) is 21.9 Å². The molecule has 1 atom stereocenters. The highest BCUT2D eigenvalue weighted by Gasteiger charge is 2.39. The van der Waals surface area contributed by atoms with Crippen LogP contribution in [0.3, 0.4) is 0 Å². The van der Waals surface area contributed by atoms with Crippen LogP contribution in [0.15, 0.2) is 91.5 Å². The number of ether oxygens (including phenoxy) is 2. The minimum atomic E-state index is -0.626. The summed E-state index contributed by atoms with van der Waals surface area (Å²) in [5.41, 5.74) is 2.35. The van der Waals surface area contributed by atoms with Crippen molar-refractivity contribution < 1.29 is 19.1 Å². The normalized spacial score (nSPS) is 16.6. The topological polar surface area (TPSA) is 62.3 Å². The zero-order chi connectivity index (χ0) is 30.1. The predicted octanol–water partition coefficient (Wildman–Crippen LogP) is 6.64. The molecular weight excluding hydrogens is 562 g/mol. The Morgan fingerprint density at radius 3 is 2.51 bits per heavy atom. The molecule has 0 N–H and O–H groups in total. The lowest BCUT2D eigenvalue weighted by Crippen LogP contribution is -2.56. The van der Waals surface area contributed by atoms with E-state index in [1.165, 1.54) is 6.08 Å². The van der Waals surface area contributed by atoms with E-state index in [1.807, 2.05) is 85.7 Å². The molecule has 220 valence electrons. The van der Waals surface area contributed by atoms with Crippen LogP contribution in [0.4, 0.5) is 5.69 Å². The molecule has 0 aliphatic carbocycles. The second-order valence-corrected chi connectivity index (χ2v) is 11.8. The molecule has 0 saturated carbocycles. The summed E-state index contributed by atoms with van der Waals surface area (Å²) in [5, 5.41) is 2.55. The molecule has 1 fully saturated rings. The largest absolute Gasteiger partial charge is 0.478 e. The lowest BCUT2D eigenvalue weighted by molar-refractivity contribution is -0.132. The monoisotopic (exact) mass is 595 g/mol. The van der Waals surface area contributed by atoms with Crippen molar-refractivity contribution in [3.63, 3.8) is 0 Å². The van der Waals surface area contributed by atoms with Crippen LogP contribution in [0.5, 0.6) is 17.2 Å². The number of nitrogens with zero attached hydrogens (tertiary/aromatic N) is 3. The summed E-state index contributed by atoms with van der Waals surface area (Å²) in [7, 11) is 3.96. The summed E-state index contributed by atoms with van der Waals surface area (Å²) in [6.45, 7) is 5.93. The number of hydrogen-bond acceptors (Lipinski definition) is 5. The quantitative estimate of drug-likeness (QED) is 0.203. The second-order valence-electron chi connectivity index (χ2n) is 11.4. The number of carbonyl (C=O) groups excluding carboxylic acids is 2. The van der Waals surface area contributed by atoms with E-state index in [-0.39, 0.29) is 17.7 Å². The number of amides is 2. The van der Waals surface area contributed by atoms with E-state index in [9.17, 15) is 9.59 Å². The van der Waals surface area contributed by atoms with Gasteiger partial charge in [0.1, 0.15) is 17.2 Å². The molecule has 2 amide bonds. The average molecular weight is 596 g/mol. The van der Waals surface area contributed by atoms with Gasteiger partial charge in [0.15, 0.2) is 6.10 Å². The van der Waals surface area contributed by atoms with Crippen molar-refractivity contribution in [1.82, 2.24) is 9.80 Å². The summed E-state index contributed by atoms with van der Waals surface area (Å²) in [4.78, 5) is 31.3. The fourth-order valence-corrected chi connectivity index (χ4v) is 6.00. The lowest BCUT2D eigenvalue weighted by atomic mass is 9.95. The Hall–Kier alpha value is -4.33. The highest BCUT2D eigenvalue weighted by molar-refractivity contribution is 6.34. The lowest BCUT2D eigenvalue weighted by Gasteiger charge is -2.43. The van der Waals surface area contributed by atoms with E-state index in [1.54, 1.807) is 9.80 Å². The van der Waals surface area contributed by atoms with Gasteiger partial charge in [0, 0.05) is 44.1 Å². The number of anilines is 1. The van der Waals surface area contributed by atoms with Gasteiger partial charge >= 0.3 is 0 Å². The van der Waals surface area contributed by atoms with E-state index in [0.29, 0.717) is 54.8 Å². The fourth-order valence-electron chi connectivity index (χ4n) is 5.74. The van der Waals surface area contributed by atoms with Crippen LogP contribution in [-0.2, 0) is 9.59 Å². The van der Waals surface area contributed by atoms with Crippen LogP contribution >= 0.6 is 11.6 Å². The Bertz CT molecular complexity index is 1680. The molecule has 0 spiro atoms. The first-order valence-electron chi connectivity index (χ1n) is 14.4. The van der Waals surface area contributed by atoms with Crippen LogP contribution < -0.4 is 14.4 Å². The minimum Gasteiger partial charge on any atom is -0.478 e. The minimum absolute atomic E-state index is 0.0876. The van der Waals surface area contributed by atoms with Crippen molar-refractivity contribution in [2.24, 2.45) is 5.92 Å². The fraction of sp³-hybridized carbons (Fsp3) is 0.257. The van der Waals surface area contributed by atoms with Gasteiger partial charge < -0.3 is 24.2 Å². The first kappa shape index (κ1) is 28.8. The van der Waals surface area contributed by atoms with Gasteiger partial charge in [0.2, 0.25) is 5.91 Å². The Labute approximate surface area is 256 Å². The van der Waals surface area contributed by atoms with Gasteiger partial charge in [-0.2, -0.15) is 0 Å². The van der Waals surface area contributed by atoms with Gasteiger partial charge in [-0.1, -0.05) is 60.6 Å². The molecule has 4 aromatic carbocycles. The molecule has 4 aromatic rings. The molecule has 0 unspecified atom stereocenters. The SMILES string of the molecule is C=CC(=O)N1CC(CN2C(=O)[C@@H](CCN(C)C)Oc3cc(-c4cc(Oc5ccccc5)cc5ccccc45)c(Cl)cc32)C1. The summed E-state index contributed by atoms with van der Waals surface area (Å²) in [5.74, 6) is 2.02. The van der Waals surface area contributed by atoms with E-state index < -0.39 is 6.10 Å². The number of benzene rings is 4. The van der Waals surface area contributed by atoms with Gasteiger partial charge in [-0.15, -0.1) is 0 Å². The molecule has 2 aliphatic rings. The molecule has 8 heteroatoms. The Morgan fingerprint density at radius 2 is 1.77 bits per heavy atom. The molecule has 0 bridgehead atoms. The molecule has 43 heavy (non-hydrogen) atoms. The third-order valence-electron chi connectivity index (χ3n) is 7.98. The summed E-state index contributed by atoms with van der Waals surface area (Å²) in [6, 6.07) is 25.6. The van der Waals surface area contributed by atoms with Crippen LogP contribution in [-0.4, -0.2) is 68.0 Å². The van der Waals surface area contributed by atoms with E-state index in [4.69, 9.17) is 21.1 Å². The Kier molecular flexibility index (Phi) is 8.10. The number of likely N-dealkylation sites (tertiary alicyclic amines) is 1. The first-order valence-corrected chi connectivity index (χ1v) is 14.8. The van der Waals surface area contributed by atoms with E-state index in [2.05, 4.69) is 18.7 Å². The predicted molar refractivity (Wildman–Crippen MR) is 171 cm³/mol. The number of rotatable bonds is 9. The van der Waals surface area contributed by atoms with Crippen molar-refractivity contribution in [2.75, 3.05) is 45.2 Å². The van der Waals surface area contributed by atoms with Gasteiger partial charge in [0.25, 0.3) is 5.91 Å². The maximum absolute atomic E-state index is 13.7. The maximum atomic E-state index is 13.7. The van der Waals surface area contributed by atoms with Crippen LogP contribution in [0.2, 0.25) is 5.02 Å². The molecule has 0 aromatic heterocycles.